The van der Waals surface area contributed by atoms with Crippen LogP contribution in [0.2, 0.25) is 5.02 Å². The van der Waals surface area contributed by atoms with Crippen LogP contribution in [0.3, 0.4) is 0 Å². The molecule has 1 aliphatic heterocycles. The normalized spacial score (nSPS) is 17.1. The van der Waals surface area contributed by atoms with Gasteiger partial charge in [-0.1, -0.05) is 41.4 Å². The molecule has 1 aliphatic rings. The highest BCUT2D eigenvalue weighted by atomic mass is 35.5. The van der Waals surface area contributed by atoms with Crippen LogP contribution in [0.5, 0.6) is 0 Å². The van der Waals surface area contributed by atoms with Crippen molar-refractivity contribution in [3.05, 3.63) is 64.7 Å². The molecule has 1 amide bonds. The maximum Gasteiger partial charge on any atom is 0.243 e. The number of nitrogens with zero attached hydrogens (tertiary/aromatic N) is 2. The standard InChI is InChI=1S/C21H26ClN3O3S/c1-16-6-8-20(9-7-16)29(27,28)25-12-10-24(11-13-25)15-21(26)23-17(2)18-4-3-5-19(22)14-18/h3-9,14,17H,10-13,15H2,1-2H3,(H,23,26)/t17-/m1/s1. The molecule has 0 aromatic heterocycles. The molecule has 2 aromatic rings. The zero-order valence-electron chi connectivity index (χ0n) is 16.6. The number of sulfonamides is 1. The molecule has 0 radical (unpaired) electrons. The van der Waals surface area contributed by atoms with E-state index in [2.05, 4.69) is 5.32 Å². The molecule has 1 fully saturated rings. The number of benzene rings is 2. The summed E-state index contributed by atoms with van der Waals surface area (Å²) in [5.74, 6) is -0.0904. The fraction of sp³-hybridized carbons (Fsp3) is 0.381. The third kappa shape index (κ3) is 5.57. The topological polar surface area (TPSA) is 69.7 Å². The summed E-state index contributed by atoms with van der Waals surface area (Å²) in [6.45, 7) is 5.85. The summed E-state index contributed by atoms with van der Waals surface area (Å²) < 4.78 is 27.0. The molecule has 0 spiro atoms. The number of carbonyl (C=O) groups excluding carboxylic acids is 1. The molecule has 1 saturated heterocycles. The van der Waals surface area contributed by atoms with Gasteiger partial charge in [0.05, 0.1) is 17.5 Å². The quantitative estimate of drug-likeness (QED) is 0.757. The van der Waals surface area contributed by atoms with Gasteiger partial charge in [-0.3, -0.25) is 9.69 Å². The number of carbonyl (C=O) groups is 1. The second-order valence-corrected chi connectivity index (χ2v) is 9.71. The second-order valence-electron chi connectivity index (χ2n) is 7.34. The van der Waals surface area contributed by atoms with Crippen molar-refractivity contribution < 1.29 is 13.2 Å². The molecule has 0 unspecified atom stereocenters. The molecule has 29 heavy (non-hydrogen) atoms. The highest BCUT2D eigenvalue weighted by Crippen LogP contribution is 2.19. The Labute approximate surface area is 177 Å². The lowest BCUT2D eigenvalue weighted by Gasteiger charge is -2.33. The van der Waals surface area contributed by atoms with Crippen molar-refractivity contribution in [3.63, 3.8) is 0 Å². The van der Waals surface area contributed by atoms with Crippen molar-refractivity contribution in [2.45, 2.75) is 24.8 Å². The third-order valence-corrected chi connectivity index (χ3v) is 7.23. The maximum atomic E-state index is 12.8. The average Bonchev–Trinajstić information content (AvgIpc) is 2.68. The fourth-order valence-electron chi connectivity index (χ4n) is 3.34. The number of amides is 1. The van der Waals surface area contributed by atoms with Crippen LogP contribution in [0, 0.1) is 6.92 Å². The van der Waals surface area contributed by atoms with E-state index in [1.807, 2.05) is 36.9 Å². The highest BCUT2D eigenvalue weighted by Gasteiger charge is 2.29. The van der Waals surface area contributed by atoms with Crippen molar-refractivity contribution in [2.75, 3.05) is 32.7 Å². The Kier molecular flexibility index (Phi) is 6.95. The maximum absolute atomic E-state index is 12.8. The summed E-state index contributed by atoms with van der Waals surface area (Å²) in [6, 6.07) is 14.1. The first kappa shape index (κ1) is 21.8. The largest absolute Gasteiger partial charge is 0.348 e. The molecule has 1 heterocycles. The van der Waals surface area contributed by atoms with Crippen molar-refractivity contribution >= 4 is 27.5 Å². The molecule has 1 atom stereocenters. The van der Waals surface area contributed by atoms with E-state index in [1.54, 1.807) is 30.3 Å². The Hall–Kier alpha value is -1.93. The van der Waals surface area contributed by atoms with Crippen molar-refractivity contribution in [1.82, 2.24) is 14.5 Å². The van der Waals surface area contributed by atoms with Crippen LogP contribution in [0.25, 0.3) is 0 Å². The number of piperazine rings is 1. The number of halogens is 1. The smallest absolute Gasteiger partial charge is 0.243 e. The molecule has 2 aromatic carbocycles. The van der Waals surface area contributed by atoms with E-state index in [0.717, 1.165) is 11.1 Å². The van der Waals surface area contributed by atoms with E-state index in [-0.39, 0.29) is 18.5 Å². The number of hydrogen-bond donors (Lipinski definition) is 1. The second kappa shape index (κ2) is 9.26. The summed E-state index contributed by atoms with van der Waals surface area (Å²) in [5.41, 5.74) is 1.96. The van der Waals surface area contributed by atoms with E-state index in [9.17, 15) is 13.2 Å². The molecular formula is C21H26ClN3O3S. The van der Waals surface area contributed by atoms with Gasteiger partial charge >= 0.3 is 0 Å². The van der Waals surface area contributed by atoms with Gasteiger partial charge in [-0.15, -0.1) is 0 Å². The molecule has 0 aliphatic carbocycles. The predicted octanol–water partition coefficient (Wildman–Crippen LogP) is 2.83. The van der Waals surface area contributed by atoms with Crippen molar-refractivity contribution in [2.24, 2.45) is 0 Å². The van der Waals surface area contributed by atoms with E-state index in [4.69, 9.17) is 11.6 Å². The van der Waals surface area contributed by atoms with E-state index < -0.39 is 10.0 Å². The first-order valence-electron chi connectivity index (χ1n) is 9.60. The van der Waals surface area contributed by atoms with Crippen LogP contribution < -0.4 is 5.32 Å². The van der Waals surface area contributed by atoms with Gasteiger partial charge in [0.2, 0.25) is 15.9 Å². The molecule has 0 bridgehead atoms. The molecule has 1 N–H and O–H groups in total. The molecule has 156 valence electrons. The van der Waals surface area contributed by atoms with Crippen LogP contribution in [-0.4, -0.2) is 56.3 Å². The summed E-state index contributed by atoms with van der Waals surface area (Å²) in [5, 5.41) is 3.61. The molecular weight excluding hydrogens is 410 g/mol. The first-order chi connectivity index (χ1) is 13.8. The lowest BCUT2D eigenvalue weighted by Crippen LogP contribution is -2.51. The Bertz CT molecular complexity index is 955. The van der Waals surface area contributed by atoms with Gasteiger partial charge in [0.1, 0.15) is 0 Å². The lowest BCUT2D eigenvalue weighted by molar-refractivity contribution is -0.123. The first-order valence-corrected chi connectivity index (χ1v) is 11.4. The average molecular weight is 436 g/mol. The van der Waals surface area contributed by atoms with Gasteiger partial charge in [-0.25, -0.2) is 8.42 Å². The summed E-state index contributed by atoms with van der Waals surface area (Å²) >= 11 is 6.01. The Balaban J connectivity index is 1.51. The predicted molar refractivity (Wildman–Crippen MR) is 114 cm³/mol. The fourth-order valence-corrected chi connectivity index (χ4v) is 4.96. The highest BCUT2D eigenvalue weighted by molar-refractivity contribution is 7.89. The van der Waals surface area contributed by atoms with Crippen LogP contribution in [0.1, 0.15) is 24.1 Å². The number of aryl methyl sites for hydroxylation is 1. The SMILES string of the molecule is Cc1ccc(S(=O)(=O)N2CCN(CC(=O)N[C@H](C)c3cccc(Cl)c3)CC2)cc1. The molecule has 8 heteroatoms. The van der Waals surface area contributed by atoms with Gasteiger partial charge in [0, 0.05) is 31.2 Å². The van der Waals surface area contributed by atoms with Gasteiger partial charge in [-0.2, -0.15) is 4.31 Å². The molecule has 0 saturated carbocycles. The summed E-state index contributed by atoms with van der Waals surface area (Å²) in [6.07, 6.45) is 0. The number of hydrogen-bond acceptors (Lipinski definition) is 4. The van der Waals surface area contributed by atoms with Gasteiger partial charge in [0.25, 0.3) is 0 Å². The van der Waals surface area contributed by atoms with E-state index in [1.165, 1.54) is 4.31 Å². The minimum Gasteiger partial charge on any atom is -0.348 e. The van der Waals surface area contributed by atoms with E-state index in [0.29, 0.717) is 36.1 Å². The Morgan fingerprint density at radius 1 is 1.10 bits per heavy atom. The zero-order valence-corrected chi connectivity index (χ0v) is 18.2. The minimum atomic E-state index is -3.50. The number of rotatable bonds is 6. The van der Waals surface area contributed by atoms with Crippen molar-refractivity contribution in [1.29, 1.82) is 0 Å². The summed E-state index contributed by atoms with van der Waals surface area (Å²) in [7, 11) is -3.50. The van der Waals surface area contributed by atoms with Crippen LogP contribution >= 0.6 is 11.6 Å². The van der Waals surface area contributed by atoms with Gasteiger partial charge < -0.3 is 5.32 Å². The van der Waals surface area contributed by atoms with E-state index >= 15 is 0 Å². The van der Waals surface area contributed by atoms with Crippen molar-refractivity contribution in [3.8, 4) is 0 Å². The zero-order chi connectivity index (χ0) is 21.0. The lowest BCUT2D eigenvalue weighted by atomic mass is 10.1. The minimum absolute atomic E-state index is 0.0904. The van der Waals surface area contributed by atoms with Gasteiger partial charge in [0.15, 0.2) is 0 Å². The van der Waals surface area contributed by atoms with Gasteiger partial charge in [-0.05, 0) is 43.7 Å². The third-order valence-electron chi connectivity index (χ3n) is 5.08. The summed E-state index contributed by atoms with van der Waals surface area (Å²) in [4.78, 5) is 14.7. The van der Waals surface area contributed by atoms with Crippen LogP contribution in [0.15, 0.2) is 53.4 Å². The molecule has 3 rings (SSSR count). The van der Waals surface area contributed by atoms with Crippen LogP contribution in [-0.2, 0) is 14.8 Å². The molecule has 6 nitrogen and oxygen atoms in total. The monoisotopic (exact) mass is 435 g/mol. The number of nitrogens with one attached hydrogen (secondary N) is 1. The van der Waals surface area contributed by atoms with Crippen LogP contribution in [0.4, 0.5) is 0 Å². The Morgan fingerprint density at radius 3 is 2.38 bits per heavy atom. The Morgan fingerprint density at radius 2 is 1.76 bits per heavy atom.